The zero-order valence-corrected chi connectivity index (χ0v) is 18.4. The predicted molar refractivity (Wildman–Crippen MR) is 131 cm³/mol. The van der Waals surface area contributed by atoms with Crippen LogP contribution in [0.5, 0.6) is 5.75 Å². The number of hydrogen-bond acceptors (Lipinski definition) is 3. The molecule has 0 unspecified atom stereocenters. The molecule has 4 nitrogen and oxygen atoms in total. The molecule has 0 aliphatic carbocycles. The van der Waals surface area contributed by atoms with Crippen LogP contribution in [0.15, 0.2) is 91.0 Å². The fourth-order valence-corrected chi connectivity index (χ4v) is 4.79. The highest BCUT2D eigenvalue weighted by molar-refractivity contribution is 5.87. The van der Waals surface area contributed by atoms with Crippen molar-refractivity contribution in [1.29, 1.82) is 0 Å². The molecule has 33 heavy (non-hydrogen) atoms. The summed E-state index contributed by atoms with van der Waals surface area (Å²) in [4.78, 5) is 11.2. The first-order chi connectivity index (χ1) is 16.2. The summed E-state index contributed by atoms with van der Waals surface area (Å²) in [6.45, 7) is 1.65. The molecule has 4 aromatic rings. The molecule has 0 spiro atoms. The van der Waals surface area contributed by atoms with Crippen molar-refractivity contribution in [3.05, 3.63) is 113 Å². The summed E-state index contributed by atoms with van der Waals surface area (Å²) in [5.74, 6) is 0.196. The van der Waals surface area contributed by atoms with Crippen molar-refractivity contribution in [2.24, 2.45) is 0 Å². The summed E-state index contributed by atoms with van der Waals surface area (Å²) in [7, 11) is 0. The van der Waals surface area contributed by atoms with Crippen molar-refractivity contribution in [3.8, 4) is 5.75 Å². The van der Waals surface area contributed by atoms with E-state index in [4.69, 9.17) is 4.74 Å². The third-order valence-corrected chi connectivity index (χ3v) is 6.47. The van der Waals surface area contributed by atoms with E-state index in [2.05, 4.69) is 53.8 Å². The highest BCUT2D eigenvalue weighted by Crippen LogP contribution is 2.40. The van der Waals surface area contributed by atoms with Gasteiger partial charge in [0.25, 0.3) is 0 Å². The molecular weight excluding hydrogens is 410 g/mol. The summed E-state index contributed by atoms with van der Waals surface area (Å²) in [6, 6.07) is 30.4. The Hall–Kier alpha value is -3.63. The monoisotopic (exact) mass is 437 g/mol. The Morgan fingerprint density at radius 1 is 0.909 bits per heavy atom. The first-order valence-corrected chi connectivity index (χ1v) is 11.5. The van der Waals surface area contributed by atoms with Crippen molar-refractivity contribution >= 4 is 16.7 Å². The average molecular weight is 438 g/mol. The molecule has 0 radical (unpaired) electrons. The normalized spacial score (nSPS) is 17.3. The molecule has 166 valence electrons. The second-order valence-electron chi connectivity index (χ2n) is 8.59. The highest BCUT2D eigenvalue weighted by Gasteiger charge is 2.29. The molecule has 4 heteroatoms. The van der Waals surface area contributed by atoms with Crippen LogP contribution in [0.1, 0.15) is 39.4 Å². The van der Waals surface area contributed by atoms with E-state index in [1.54, 1.807) is 12.1 Å². The quantitative estimate of drug-likeness (QED) is 0.367. The number of carboxylic acid groups (broad SMARTS) is 1. The Labute approximate surface area is 193 Å². The maximum absolute atomic E-state index is 11.2. The van der Waals surface area contributed by atoms with Crippen LogP contribution in [-0.2, 0) is 6.42 Å². The minimum Gasteiger partial charge on any atom is -0.489 e. The maximum atomic E-state index is 11.2. The fraction of sp³-hybridized carbons (Fsp3) is 0.207. The van der Waals surface area contributed by atoms with Crippen LogP contribution >= 0.6 is 0 Å². The molecule has 1 aliphatic heterocycles. The Kier molecular flexibility index (Phi) is 6.09. The SMILES string of the molecule is O=C(O)c1ccc([C@@H]2C[C@H](CNCCc3cccc4ccccc34)Oc3ccccc32)cc1. The summed E-state index contributed by atoms with van der Waals surface area (Å²) in [5, 5.41) is 15.4. The van der Waals surface area contributed by atoms with Crippen LogP contribution in [0, 0.1) is 0 Å². The number of carbonyl (C=O) groups is 1. The van der Waals surface area contributed by atoms with Gasteiger partial charge in [0, 0.05) is 18.0 Å². The summed E-state index contributed by atoms with van der Waals surface area (Å²) >= 11 is 0. The van der Waals surface area contributed by atoms with Crippen molar-refractivity contribution < 1.29 is 14.6 Å². The number of rotatable bonds is 7. The highest BCUT2D eigenvalue weighted by atomic mass is 16.5. The second kappa shape index (κ2) is 9.47. The van der Waals surface area contributed by atoms with E-state index >= 15 is 0 Å². The fourth-order valence-electron chi connectivity index (χ4n) is 4.79. The van der Waals surface area contributed by atoms with Crippen LogP contribution < -0.4 is 10.1 Å². The zero-order chi connectivity index (χ0) is 22.6. The third kappa shape index (κ3) is 4.62. The van der Waals surface area contributed by atoms with Gasteiger partial charge in [-0.15, -0.1) is 0 Å². The number of fused-ring (bicyclic) bond motifs is 2. The lowest BCUT2D eigenvalue weighted by Crippen LogP contribution is -2.36. The molecule has 0 saturated carbocycles. The van der Waals surface area contributed by atoms with Gasteiger partial charge < -0.3 is 15.2 Å². The van der Waals surface area contributed by atoms with E-state index in [-0.39, 0.29) is 12.0 Å². The largest absolute Gasteiger partial charge is 0.489 e. The lowest BCUT2D eigenvalue weighted by Gasteiger charge is -2.33. The van der Waals surface area contributed by atoms with Crippen molar-refractivity contribution in [3.63, 3.8) is 0 Å². The smallest absolute Gasteiger partial charge is 0.335 e. The molecule has 0 bridgehead atoms. The van der Waals surface area contributed by atoms with E-state index in [0.29, 0.717) is 5.56 Å². The number of aromatic carboxylic acids is 1. The molecule has 0 fully saturated rings. The molecular formula is C29H27NO3. The number of hydrogen-bond donors (Lipinski definition) is 2. The first-order valence-electron chi connectivity index (χ1n) is 11.5. The van der Waals surface area contributed by atoms with E-state index in [9.17, 15) is 9.90 Å². The number of benzene rings is 4. The van der Waals surface area contributed by atoms with Gasteiger partial charge in [0.2, 0.25) is 0 Å². The number of ether oxygens (including phenoxy) is 1. The molecule has 2 N–H and O–H groups in total. The summed E-state index contributed by atoms with van der Waals surface area (Å²) in [6.07, 6.45) is 1.87. The van der Waals surface area contributed by atoms with Gasteiger partial charge in [0.15, 0.2) is 0 Å². The van der Waals surface area contributed by atoms with Crippen LogP contribution in [0.4, 0.5) is 0 Å². The van der Waals surface area contributed by atoms with Gasteiger partial charge in [0.05, 0.1) is 5.56 Å². The van der Waals surface area contributed by atoms with Crippen LogP contribution in [0.2, 0.25) is 0 Å². The van der Waals surface area contributed by atoms with Crippen molar-refractivity contribution in [1.82, 2.24) is 5.32 Å². The molecule has 0 saturated heterocycles. The van der Waals surface area contributed by atoms with Gasteiger partial charge in [-0.2, -0.15) is 0 Å². The lowest BCUT2D eigenvalue weighted by atomic mass is 9.84. The Balaban J connectivity index is 1.26. The van der Waals surface area contributed by atoms with Crippen molar-refractivity contribution in [2.75, 3.05) is 13.1 Å². The average Bonchev–Trinajstić information content (AvgIpc) is 2.86. The Morgan fingerprint density at radius 3 is 2.52 bits per heavy atom. The van der Waals surface area contributed by atoms with Gasteiger partial charge in [-0.25, -0.2) is 4.79 Å². The minimum atomic E-state index is -0.901. The zero-order valence-electron chi connectivity index (χ0n) is 18.4. The first kappa shape index (κ1) is 21.2. The summed E-state index contributed by atoms with van der Waals surface area (Å²) in [5.41, 5.74) is 3.95. The van der Waals surface area contributed by atoms with E-state index in [0.717, 1.165) is 42.8 Å². The standard InChI is InChI=1S/C29H27NO3/c31-29(32)23-14-12-22(13-15-23)27-18-24(33-28-11-4-3-10-26(27)28)19-30-17-16-21-8-5-7-20-6-1-2-9-25(20)21/h1-15,24,27,30H,16-19H2,(H,31,32)/t24-,27+/m1/s1. The minimum absolute atomic E-state index is 0.0524. The second-order valence-corrected chi connectivity index (χ2v) is 8.59. The van der Waals surface area contributed by atoms with E-state index in [1.807, 2.05) is 30.3 Å². The number of carboxylic acids is 1. The van der Waals surface area contributed by atoms with E-state index in [1.165, 1.54) is 16.3 Å². The predicted octanol–water partition coefficient (Wildman–Crippen LogP) is 5.65. The van der Waals surface area contributed by atoms with Gasteiger partial charge in [0.1, 0.15) is 11.9 Å². The van der Waals surface area contributed by atoms with Crippen LogP contribution in [0.25, 0.3) is 10.8 Å². The molecule has 0 amide bonds. The van der Waals surface area contributed by atoms with Gasteiger partial charge >= 0.3 is 5.97 Å². The van der Waals surface area contributed by atoms with Crippen LogP contribution in [0.3, 0.4) is 0 Å². The maximum Gasteiger partial charge on any atom is 0.335 e. The number of para-hydroxylation sites is 1. The van der Waals surface area contributed by atoms with Gasteiger partial charge in [-0.1, -0.05) is 72.8 Å². The Morgan fingerprint density at radius 2 is 1.67 bits per heavy atom. The summed E-state index contributed by atoms with van der Waals surface area (Å²) < 4.78 is 6.31. The molecule has 1 heterocycles. The van der Waals surface area contributed by atoms with Crippen molar-refractivity contribution in [2.45, 2.75) is 24.9 Å². The lowest BCUT2D eigenvalue weighted by molar-refractivity contribution is 0.0697. The number of nitrogens with one attached hydrogen (secondary N) is 1. The molecule has 1 aliphatic rings. The van der Waals surface area contributed by atoms with Gasteiger partial charge in [-0.05, 0) is 59.5 Å². The molecule has 0 aromatic heterocycles. The van der Waals surface area contributed by atoms with Gasteiger partial charge in [-0.3, -0.25) is 0 Å². The van der Waals surface area contributed by atoms with E-state index < -0.39 is 5.97 Å². The topological polar surface area (TPSA) is 58.6 Å². The Bertz CT molecular complexity index is 1260. The van der Waals surface area contributed by atoms with Crippen LogP contribution in [-0.4, -0.2) is 30.3 Å². The molecule has 5 rings (SSSR count). The molecule has 2 atom stereocenters. The third-order valence-electron chi connectivity index (χ3n) is 6.47. The molecule has 4 aromatic carbocycles.